The van der Waals surface area contributed by atoms with Crippen LogP contribution in [-0.4, -0.2) is 19.7 Å². The number of hydrogen-bond donors (Lipinski definition) is 0. The third-order valence-electron chi connectivity index (χ3n) is 0.873. The van der Waals surface area contributed by atoms with Crippen LogP contribution in [0.3, 0.4) is 0 Å². The van der Waals surface area contributed by atoms with Crippen molar-refractivity contribution in [1.82, 2.24) is 0 Å². The minimum atomic E-state index is -3.76. The molecule has 0 N–H and O–H groups in total. The summed E-state index contributed by atoms with van der Waals surface area (Å²) in [5, 5.41) is 0. The van der Waals surface area contributed by atoms with E-state index < -0.39 is 7.82 Å². The summed E-state index contributed by atoms with van der Waals surface area (Å²) < 4.78 is 24.8. The van der Waals surface area contributed by atoms with Gasteiger partial charge in [0.25, 0.3) is 0 Å². The van der Waals surface area contributed by atoms with Gasteiger partial charge in [-0.25, -0.2) is 4.57 Å². The molecule has 6 heteroatoms. The van der Waals surface area contributed by atoms with Crippen LogP contribution in [0.25, 0.3) is 0 Å². The quantitative estimate of drug-likeness (QED) is 0.343. The molecule has 0 aromatic carbocycles. The maximum atomic E-state index is 11.3. The average Bonchev–Trinajstić information content (AvgIpc) is 2.12. The van der Waals surface area contributed by atoms with Crippen LogP contribution in [-0.2, 0) is 22.9 Å². The van der Waals surface area contributed by atoms with Crippen molar-refractivity contribution in [3.8, 4) is 0 Å². The molecule has 0 aliphatic heterocycles. The van der Waals surface area contributed by atoms with E-state index in [0.717, 1.165) is 0 Å². The first kappa shape index (κ1) is 12.1. The molecule has 0 amide bonds. The number of phosphoric ester groups is 1. The van der Waals surface area contributed by atoms with E-state index in [2.05, 4.69) is 26.7 Å². The van der Waals surface area contributed by atoms with E-state index in [1.807, 2.05) is 0 Å². The van der Waals surface area contributed by atoms with E-state index >= 15 is 0 Å². The van der Waals surface area contributed by atoms with E-state index in [1.165, 1.54) is 12.2 Å². The number of carbonyl (C=O) groups excluding carboxylic acids is 1. The average molecular weight is 206 g/mol. The van der Waals surface area contributed by atoms with Gasteiger partial charge in [-0.15, -0.1) is 13.2 Å². The van der Waals surface area contributed by atoms with Gasteiger partial charge in [-0.3, -0.25) is 13.8 Å². The number of rotatable bonds is 8. The molecule has 0 fully saturated rings. The third-order valence-corrected chi connectivity index (χ3v) is 2.15. The lowest BCUT2D eigenvalue weighted by Gasteiger charge is -2.12. The van der Waals surface area contributed by atoms with Crippen molar-refractivity contribution < 1.29 is 22.9 Å². The highest BCUT2D eigenvalue weighted by molar-refractivity contribution is 7.49. The molecule has 0 aliphatic carbocycles. The van der Waals surface area contributed by atoms with Crippen LogP contribution in [0.2, 0.25) is 0 Å². The molecule has 74 valence electrons. The summed E-state index contributed by atoms with van der Waals surface area (Å²) in [6.07, 6.45) is 2.72. The Labute approximate surface area is 76.6 Å². The molecule has 5 nitrogen and oxygen atoms in total. The molecule has 0 saturated heterocycles. The Morgan fingerprint density at radius 3 is 1.92 bits per heavy atom. The smallest absolute Gasteiger partial charge is 0.373 e. The van der Waals surface area contributed by atoms with E-state index in [9.17, 15) is 9.36 Å². The molecular formula is C7H11O5P. The van der Waals surface area contributed by atoms with E-state index in [0.29, 0.717) is 0 Å². The topological polar surface area (TPSA) is 61.8 Å². The SMILES string of the molecule is C=CCOP(=O)(OC=O)OCC=C. The molecule has 0 saturated carbocycles. The van der Waals surface area contributed by atoms with Crippen LogP contribution < -0.4 is 0 Å². The molecule has 0 spiro atoms. The van der Waals surface area contributed by atoms with Gasteiger partial charge in [0.05, 0.1) is 13.2 Å². The maximum absolute atomic E-state index is 11.3. The minimum Gasteiger partial charge on any atom is -0.373 e. The Morgan fingerprint density at radius 1 is 1.15 bits per heavy atom. The van der Waals surface area contributed by atoms with Gasteiger partial charge in [-0.05, 0) is 0 Å². The van der Waals surface area contributed by atoms with Crippen molar-refractivity contribution in [2.75, 3.05) is 13.2 Å². The van der Waals surface area contributed by atoms with E-state index in [1.54, 1.807) is 0 Å². The van der Waals surface area contributed by atoms with Crippen molar-refractivity contribution in [3.63, 3.8) is 0 Å². The Hall–Kier alpha value is -0.900. The van der Waals surface area contributed by atoms with Gasteiger partial charge in [-0.1, -0.05) is 12.2 Å². The first-order chi connectivity index (χ1) is 6.18. The second-order valence-corrected chi connectivity index (χ2v) is 3.44. The Morgan fingerprint density at radius 2 is 1.62 bits per heavy atom. The highest BCUT2D eigenvalue weighted by Gasteiger charge is 2.26. The lowest BCUT2D eigenvalue weighted by Crippen LogP contribution is -1.99. The van der Waals surface area contributed by atoms with Gasteiger partial charge in [0.2, 0.25) is 0 Å². The van der Waals surface area contributed by atoms with Crippen LogP contribution in [0.1, 0.15) is 0 Å². The molecule has 0 bridgehead atoms. The molecule has 0 atom stereocenters. The zero-order valence-electron chi connectivity index (χ0n) is 7.05. The van der Waals surface area contributed by atoms with Gasteiger partial charge in [0, 0.05) is 0 Å². The Balaban J connectivity index is 4.14. The monoisotopic (exact) mass is 206 g/mol. The Kier molecular flexibility index (Phi) is 6.14. The molecule has 0 aromatic rings. The van der Waals surface area contributed by atoms with Crippen molar-refractivity contribution >= 4 is 14.3 Å². The fraction of sp³-hybridized carbons (Fsp3) is 0.286. The van der Waals surface area contributed by atoms with Crippen LogP contribution >= 0.6 is 7.82 Å². The van der Waals surface area contributed by atoms with Crippen molar-refractivity contribution in [3.05, 3.63) is 25.3 Å². The molecule has 0 radical (unpaired) electrons. The van der Waals surface area contributed by atoms with E-state index in [-0.39, 0.29) is 19.7 Å². The molecular weight excluding hydrogens is 195 g/mol. The van der Waals surface area contributed by atoms with Crippen LogP contribution in [0.15, 0.2) is 25.3 Å². The third kappa shape index (κ3) is 5.36. The number of carbonyl (C=O) groups is 1. The summed E-state index contributed by atoms with van der Waals surface area (Å²) in [6.45, 7) is 6.63. The summed E-state index contributed by atoms with van der Waals surface area (Å²) in [5.41, 5.74) is 0. The molecule has 0 aliphatic rings. The molecule has 13 heavy (non-hydrogen) atoms. The predicted octanol–water partition coefficient (Wildman–Crippen LogP) is 1.67. The van der Waals surface area contributed by atoms with Crippen molar-refractivity contribution in [2.24, 2.45) is 0 Å². The lowest BCUT2D eigenvalue weighted by atomic mass is 10.7. The van der Waals surface area contributed by atoms with Crippen molar-refractivity contribution in [1.29, 1.82) is 0 Å². The van der Waals surface area contributed by atoms with Gasteiger partial charge in [0.15, 0.2) is 0 Å². The summed E-state index contributed by atoms with van der Waals surface area (Å²) >= 11 is 0. The first-order valence-electron chi connectivity index (χ1n) is 3.41. The van der Waals surface area contributed by atoms with Gasteiger partial charge >= 0.3 is 14.3 Å². The maximum Gasteiger partial charge on any atom is 0.532 e. The molecule has 0 rings (SSSR count). The summed E-state index contributed by atoms with van der Waals surface area (Å²) in [4.78, 5) is 9.94. The fourth-order valence-electron chi connectivity index (χ4n) is 0.439. The highest BCUT2D eigenvalue weighted by atomic mass is 31.2. The number of hydrogen-bond acceptors (Lipinski definition) is 5. The lowest BCUT2D eigenvalue weighted by molar-refractivity contribution is -0.122. The second-order valence-electron chi connectivity index (χ2n) is 1.82. The highest BCUT2D eigenvalue weighted by Crippen LogP contribution is 2.48. The van der Waals surface area contributed by atoms with E-state index in [4.69, 9.17) is 0 Å². The zero-order valence-corrected chi connectivity index (χ0v) is 7.94. The van der Waals surface area contributed by atoms with Gasteiger partial charge in [0.1, 0.15) is 0 Å². The molecule has 0 unspecified atom stereocenters. The molecule has 0 aromatic heterocycles. The largest absolute Gasteiger partial charge is 0.532 e. The minimum absolute atomic E-state index is 0.00690. The predicted molar refractivity (Wildman–Crippen MR) is 47.1 cm³/mol. The van der Waals surface area contributed by atoms with Crippen LogP contribution in [0, 0.1) is 0 Å². The van der Waals surface area contributed by atoms with Gasteiger partial charge in [-0.2, -0.15) is 0 Å². The molecule has 0 heterocycles. The second kappa shape index (κ2) is 6.60. The van der Waals surface area contributed by atoms with Gasteiger partial charge < -0.3 is 4.52 Å². The summed E-state index contributed by atoms with van der Waals surface area (Å²) in [7, 11) is -3.76. The van der Waals surface area contributed by atoms with Crippen molar-refractivity contribution in [2.45, 2.75) is 0 Å². The Bertz CT molecular complexity index is 209. The zero-order chi connectivity index (χ0) is 10.2. The normalized spacial score (nSPS) is 10.5. The fourth-order valence-corrected chi connectivity index (χ4v) is 1.32. The number of phosphoric acid groups is 1. The standard InChI is InChI=1S/C7H11O5P/c1-3-5-10-13(9,12-7-8)11-6-4-2/h3-4,7H,1-2,5-6H2. The summed E-state index contributed by atoms with van der Waals surface area (Å²) in [5.74, 6) is 0. The summed E-state index contributed by atoms with van der Waals surface area (Å²) in [6, 6.07) is 0. The first-order valence-corrected chi connectivity index (χ1v) is 4.87. The van der Waals surface area contributed by atoms with Crippen LogP contribution in [0.5, 0.6) is 0 Å². The van der Waals surface area contributed by atoms with Crippen LogP contribution in [0.4, 0.5) is 0 Å².